The van der Waals surface area contributed by atoms with E-state index in [-0.39, 0.29) is 5.56 Å². The molecule has 144 valence electrons. The van der Waals surface area contributed by atoms with Gasteiger partial charge in [0.15, 0.2) is 6.10 Å². The van der Waals surface area contributed by atoms with Gasteiger partial charge in [-0.25, -0.2) is 9.78 Å². The molecule has 0 radical (unpaired) electrons. The number of halogens is 1. The van der Waals surface area contributed by atoms with Crippen molar-refractivity contribution in [2.75, 3.05) is 5.32 Å². The lowest BCUT2D eigenvalue weighted by atomic mass is 9.96. The molecular weight excluding hydrogens is 390 g/mol. The number of rotatable bonds is 5. The summed E-state index contributed by atoms with van der Waals surface area (Å²) in [6.45, 7) is 1.47. The molecule has 0 fully saturated rings. The van der Waals surface area contributed by atoms with Crippen molar-refractivity contribution in [3.05, 3.63) is 83.0 Å². The summed E-state index contributed by atoms with van der Waals surface area (Å²) in [5, 5.41) is 12.4. The van der Waals surface area contributed by atoms with Crippen LogP contribution in [-0.2, 0) is 9.53 Å². The summed E-state index contributed by atoms with van der Waals surface area (Å²) in [6, 6.07) is 19.0. The van der Waals surface area contributed by atoms with Gasteiger partial charge in [0.25, 0.3) is 5.91 Å². The van der Waals surface area contributed by atoms with Crippen LogP contribution in [-0.4, -0.2) is 23.0 Å². The van der Waals surface area contributed by atoms with E-state index < -0.39 is 18.0 Å². The van der Waals surface area contributed by atoms with E-state index >= 15 is 0 Å². The zero-order chi connectivity index (χ0) is 20.8. The largest absolute Gasteiger partial charge is 0.449 e. The van der Waals surface area contributed by atoms with Crippen LogP contribution >= 0.6 is 11.6 Å². The van der Waals surface area contributed by atoms with Crippen LogP contribution in [0.3, 0.4) is 0 Å². The average molecular weight is 406 g/mol. The molecule has 0 aliphatic heterocycles. The molecule has 29 heavy (non-hydrogen) atoms. The fraction of sp³-hybridized carbons (Fsp3) is 0.0909. The number of anilines is 1. The van der Waals surface area contributed by atoms with Gasteiger partial charge in [0, 0.05) is 11.8 Å². The van der Waals surface area contributed by atoms with Crippen molar-refractivity contribution in [3.63, 3.8) is 0 Å². The molecule has 1 N–H and O–H groups in total. The Kier molecular flexibility index (Phi) is 6.22. The van der Waals surface area contributed by atoms with E-state index in [0.717, 1.165) is 0 Å². The number of nitrogens with one attached hydrogen (secondary N) is 1. The van der Waals surface area contributed by atoms with Gasteiger partial charge in [0.2, 0.25) is 0 Å². The number of benzene rings is 2. The van der Waals surface area contributed by atoms with E-state index in [1.807, 2.05) is 0 Å². The van der Waals surface area contributed by atoms with Gasteiger partial charge < -0.3 is 10.1 Å². The van der Waals surface area contributed by atoms with Crippen molar-refractivity contribution in [3.8, 4) is 17.2 Å². The first-order valence-corrected chi connectivity index (χ1v) is 9.09. The average Bonchev–Trinajstić information content (AvgIpc) is 2.75. The van der Waals surface area contributed by atoms with Crippen molar-refractivity contribution in [1.82, 2.24) is 4.98 Å². The number of amides is 1. The zero-order valence-corrected chi connectivity index (χ0v) is 16.2. The summed E-state index contributed by atoms with van der Waals surface area (Å²) in [7, 11) is 0. The van der Waals surface area contributed by atoms with Crippen LogP contribution in [0.1, 0.15) is 22.8 Å². The molecule has 3 aromatic rings. The van der Waals surface area contributed by atoms with E-state index in [0.29, 0.717) is 27.5 Å². The van der Waals surface area contributed by atoms with E-state index in [1.165, 1.54) is 13.1 Å². The van der Waals surface area contributed by atoms with E-state index in [4.69, 9.17) is 16.3 Å². The highest BCUT2D eigenvalue weighted by Crippen LogP contribution is 2.27. The fourth-order valence-corrected chi connectivity index (χ4v) is 2.78. The Morgan fingerprint density at radius 1 is 1.07 bits per heavy atom. The molecule has 6 nitrogen and oxygen atoms in total. The molecule has 7 heteroatoms. The smallest absolute Gasteiger partial charge is 0.339 e. The molecular formula is C22H16ClN3O3. The number of hydrogen-bond donors (Lipinski definition) is 1. The Morgan fingerprint density at radius 2 is 1.76 bits per heavy atom. The van der Waals surface area contributed by atoms with Crippen molar-refractivity contribution in [2.24, 2.45) is 0 Å². The maximum atomic E-state index is 12.7. The first-order chi connectivity index (χ1) is 14.0. The van der Waals surface area contributed by atoms with Crippen LogP contribution in [0.4, 0.5) is 5.82 Å². The van der Waals surface area contributed by atoms with Gasteiger partial charge >= 0.3 is 5.97 Å². The molecule has 0 aliphatic rings. The molecule has 0 saturated heterocycles. The minimum absolute atomic E-state index is 0.263. The third-order valence-corrected chi connectivity index (χ3v) is 4.34. The summed E-state index contributed by atoms with van der Waals surface area (Å²) < 4.78 is 5.34. The summed E-state index contributed by atoms with van der Waals surface area (Å²) >= 11 is 5.77. The number of esters is 1. The van der Waals surface area contributed by atoms with Gasteiger partial charge in [-0.3, -0.25) is 4.79 Å². The Bertz CT molecular complexity index is 1090. The van der Waals surface area contributed by atoms with Crippen LogP contribution in [0.2, 0.25) is 5.02 Å². The summed E-state index contributed by atoms with van der Waals surface area (Å²) in [6.07, 6.45) is 0.343. The lowest BCUT2D eigenvalue weighted by molar-refractivity contribution is -0.123. The molecule has 0 unspecified atom stereocenters. The first-order valence-electron chi connectivity index (χ1n) is 8.71. The van der Waals surface area contributed by atoms with Crippen LogP contribution < -0.4 is 5.32 Å². The fourth-order valence-electron chi connectivity index (χ4n) is 2.67. The molecule has 0 bridgehead atoms. The second kappa shape index (κ2) is 9.00. The van der Waals surface area contributed by atoms with Gasteiger partial charge in [0.1, 0.15) is 5.82 Å². The Balaban J connectivity index is 1.78. The molecule has 3 rings (SSSR count). The van der Waals surface area contributed by atoms with Gasteiger partial charge in [-0.2, -0.15) is 5.26 Å². The predicted octanol–water partition coefficient (Wildman–Crippen LogP) is 4.46. The third kappa shape index (κ3) is 4.78. The van der Waals surface area contributed by atoms with Gasteiger partial charge in [0.05, 0.1) is 22.2 Å². The quantitative estimate of drug-likeness (QED) is 0.633. The SMILES string of the molecule is C[C@H](OC(=O)c1ccccc1-c1ccccc1C#N)C(=O)Nc1ccc(Cl)cn1. The van der Waals surface area contributed by atoms with Crippen molar-refractivity contribution in [2.45, 2.75) is 13.0 Å². The van der Waals surface area contributed by atoms with E-state index in [9.17, 15) is 14.9 Å². The summed E-state index contributed by atoms with van der Waals surface area (Å²) in [5.41, 5.74) is 1.87. The normalized spacial score (nSPS) is 11.2. The van der Waals surface area contributed by atoms with Crippen LogP contribution in [0.5, 0.6) is 0 Å². The lowest BCUT2D eigenvalue weighted by Gasteiger charge is -2.15. The molecule has 1 atom stereocenters. The Morgan fingerprint density at radius 3 is 2.45 bits per heavy atom. The first kappa shape index (κ1) is 20.1. The van der Waals surface area contributed by atoms with Crippen molar-refractivity contribution < 1.29 is 14.3 Å². The molecule has 1 aromatic heterocycles. The number of aromatic nitrogens is 1. The number of pyridine rings is 1. The minimum atomic E-state index is -1.06. The molecule has 2 aromatic carbocycles. The number of ether oxygens (including phenoxy) is 1. The number of carbonyl (C=O) groups is 2. The second-order valence-electron chi connectivity index (χ2n) is 6.10. The predicted molar refractivity (Wildman–Crippen MR) is 109 cm³/mol. The number of nitrogens with zero attached hydrogens (tertiary/aromatic N) is 2. The summed E-state index contributed by atoms with van der Waals surface area (Å²) in [4.78, 5) is 29.0. The van der Waals surface area contributed by atoms with Crippen molar-refractivity contribution in [1.29, 1.82) is 5.26 Å². The van der Waals surface area contributed by atoms with Gasteiger partial charge in [-0.1, -0.05) is 48.0 Å². The van der Waals surface area contributed by atoms with Gasteiger partial charge in [-0.05, 0) is 36.8 Å². The van der Waals surface area contributed by atoms with E-state index in [1.54, 1.807) is 60.7 Å². The van der Waals surface area contributed by atoms with E-state index in [2.05, 4.69) is 16.4 Å². The maximum absolute atomic E-state index is 12.7. The highest BCUT2D eigenvalue weighted by molar-refractivity contribution is 6.30. The van der Waals surface area contributed by atoms with Crippen molar-refractivity contribution >= 4 is 29.3 Å². The standard InChI is InChI=1S/C22H16ClN3O3/c1-14(21(27)26-20-11-10-16(23)13-25-20)29-22(28)19-9-5-4-8-18(19)17-7-3-2-6-15(17)12-24/h2-11,13-14H,1H3,(H,25,26,27)/t14-/m0/s1. The van der Waals surface area contributed by atoms with Crippen LogP contribution in [0.25, 0.3) is 11.1 Å². The molecule has 0 spiro atoms. The lowest BCUT2D eigenvalue weighted by Crippen LogP contribution is -2.30. The Hall–Kier alpha value is -3.69. The minimum Gasteiger partial charge on any atom is -0.449 e. The molecule has 0 saturated carbocycles. The summed E-state index contributed by atoms with van der Waals surface area (Å²) in [5.74, 6) is -0.895. The molecule has 1 heterocycles. The number of carbonyl (C=O) groups excluding carboxylic acids is 2. The van der Waals surface area contributed by atoms with Gasteiger partial charge in [-0.15, -0.1) is 0 Å². The Labute approximate surface area is 172 Å². The monoisotopic (exact) mass is 405 g/mol. The highest BCUT2D eigenvalue weighted by atomic mass is 35.5. The van der Waals surface area contributed by atoms with Crippen LogP contribution in [0.15, 0.2) is 66.9 Å². The highest BCUT2D eigenvalue weighted by Gasteiger charge is 2.22. The molecule has 1 amide bonds. The molecule has 0 aliphatic carbocycles. The number of hydrogen-bond acceptors (Lipinski definition) is 5. The van der Waals surface area contributed by atoms with Crippen LogP contribution in [0, 0.1) is 11.3 Å². The topological polar surface area (TPSA) is 92.1 Å². The number of nitriles is 1. The maximum Gasteiger partial charge on any atom is 0.339 e. The second-order valence-corrected chi connectivity index (χ2v) is 6.54. The zero-order valence-electron chi connectivity index (χ0n) is 15.4. The third-order valence-electron chi connectivity index (χ3n) is 4.12.